The Labute approximate surface area is 123 Å². The third-order valence-corrected chi connectivity index (χ3v) is 2.97. The Morgan fingerprint density at radius 3 is 2.62 bits per heavy atom. The van der Waals surface area contributed by atoms with E-state index in [2.05, 4.69) is 0 Å². The predicted octanol–water partition coefficient (Wildman–Crippen LogP) is 1.87. The first-order chi connectivity index (χ1) is 9.86. The van der Waals surface area contributed by atoms with Gasteiger partial charge < -0.3 is 15.2 Å². The normalized spacial score (nSPS) is 11.8. The highest BCUT2D eigenvalue weighted by atomic mass is 16.6. The highest BCUT2D eigenvalue weighted by Gasteiger charge is 2.16. The van der Waals surface area contributed by atoms with E-state index in [0.29, 0.717) is 23.3 Å². The Balaban J connectivity index is 2.62. The first kappa shape index (κ1) is 16.9. The average molecular weight is 296 g/mol. The van der Waals surface area contributed by atoms with E-state index in [9.17, 15) is 14.9 Å². The van der Waals surface area contributed by atoms with Gasteiger partial charge in [-0.1, -0.05) is 0 Å². The Hall–Kier alpha value is -2.15. The van der Waals surface area contributed by atoms with Crippen LogP contribution in [0.5, 0.6) is 5.75 Å². The zero-order valence-electron chi connectivity index (χ0n) is 12.4. The van der Waals surface area contributed by atoms with Gasteiger partial charge in [-0.05, 0) is 32.4 Å². The van der Waals surface area contributed by atoms with Crippen molar-refractivity contribution in [3.63, 3.8) is 0 Å². The number of esters is 1. The number of benzene rings is 1. The van der Waals surface area contributed by atoms with Crippen LogP contribution in [0.2, 0.25) is 0 Å². The number of nitrogens with zero attached hydrogens (tertiary/aromatic N) is 1. The molecule has 0 aliphatic carbocycles. The monoisotopic (exact) mass is 296 g/mol. The molecule has 1 unspecified atom stereocenters. The van der Waals surface area contributed by atoms with Gasteiger partial charge in [0.15, 0.2) is 0 Å². The molecule has 0 saturated carbocycles. The van der Waals surface area contributed by atoms with Crippen molar-refractivity contribution in [1.82, 2.24) is 0 Å². The average Bonchev–Trinajstić information content (AvgIpc) is 2.41. The van der Waals surface area contributed by atoms with Gasteiger partial charge in [0.25, 0.3) is 5.69 Å². The molecule has 1 rings (SSSR count). The zero-order valence-corrected chi connectivity index (χ0v) is 12.4. The first-order valence-corrected chi connectivity index (χ1v) is 6.67. The molecule has 0 bridgehead atoms. The van der Waals surface area contributed by atoms with Crippen molar-refractivity contribution >= 4 is 11.7 Å². The molecule has 7 heteroatoms. The van der Waals surface area contributed by atoms with Gasteiger partial charge in [-0.3, -0.25) is 14.9 Å². The molecular formula is C14H20N2O5. The Morgan fingerprint density at radius 2 is 2.05 bits per heavy atom. The van der Waals surface area contributed by atoms with Crippen molar-refractivity contribution in [2.45, 2.75) is 33.2 Å². The summed E-state index contributed by atoms with van der Waals surface area (Å²) in [7, 11) is 0. The van der Waals surface area contributed by atoms with Crippen LogP contribution in [0.3, 0.4) is 0 Å². The lowest BCUT2D eigenvalue weighted by Crippen LogP contribution is -2.33. The fourth-order valence-electron chi connectivity index (χ4n) is 1.79. The van der Waals surface area contributed by atoms with E-state index in [1.807, 2.05) is 0 Å². The largest absolute Gasteiger partial charge is 0.493 e. The summed E-state index contributed by atoms with van der Waals surface area (Å²) in [6.07, 6.45) is 0.314. The molecule has 0 spiro atoms. The van der Waals surface area contributed by atoms with Crippen molar-refractivity contribution in [3.05, 3.63) is 33.4 Å². The molecule has 2 N–H and O–H groups in total. The standard InChI is InChI=1S/C14H20N2O5/c1-4-20-14(17)11(15)5-6-21-13-8-9(2)12(16(18)19)7-10(13)3/h7-8,11H,4-6,15H2,1-3H3. The highest BCUT2D eigenvalue weighted by molar-refractivity contribution is 5.75. The van der Waals surface area contributed by atoms with Crippen LogP contribution in [0.15, 0.2) is 12.1 Å². The summed E-state index contributed by atoms with van der Waals surface area (Å²) in [6.45, 7) is 5.61. The second-order valence-corrected chi connectivity index (χ2v) is 4.66. The molecule has 0 aromatic heterocycles. The number of carbonyl (C=O) groups excluding carboxylic acids is 1. The lowest BCUT2D eigenvalue weighted by molar-refractivity contribution is -0.385. The second-order valence-electron chi connectivity index (χ2n) is 4.66. The second kappa shape index (κ2) is 7.58. The summed E-state index contributed by atoms with van der Waals surface area (Å²) in [5, 5.41) is 10.8. The Morgan fingerprint density at radius 1 is 1.38 bits per heavy atom. The fraction of sp³-hybridized carbons (Fsp3) is 0.500. The van der Waals surface area contributed by atoms with Crippen LogP contribution in [0.4, 0.5) is 5.69 Å². The number of ether oxygens (including phenoxy) is 2. The van der Waals surface area contributed by atoms with E-state index in [4.69, 9.17) is 15.2 Å². The minimum atomic E-state index is -0.732. The van der Waals surface area contributed by atoms with Gasteiger partial charge in [-0.15, -0.1) is 0 Å². The molecule has 0 fully saturated rings. The smallest absolute Gasteiger partial charge is 0.323 e. The van der Waals surface area contributed by atoms with Crippen molar-refractivity contribution in [2.24, 2.45) is 5.73 Å². The van der Waals surface area contributed by atoms with Crippen molar-refractivity contribution in [1.29, 1.82) is 0 Å². The van der Waals surface area contributed by atoms with Crippen LogP contribution in [0.1, 0.15) is 24.5 Å². The van der Waals surface area contributed by atoms with Gasteiger partial charge in [0, 0.05) is 18.1 Å². The molecular weight excluding hydrogens is 276 g/mol. The molecule has 0 saturated heterocycles. The van der Waals surface area contributed by atoms with Crippen LogP contribution >= 0.6 is 0 Å². The van der Waals surface area contributed by atoms with Crippen LogP contribution < -0.4 is 10.5 Å². The molecule has 1 aromatic rings. The van der Waals surface area contributed by atoms with Crippen molar-refractivity contribution in [3.8, 4) is 5.75 Å². The van der Waals surface area contributed by atoms with Gasteiger partial charge in [0.2, 0.25) is 0 Å². The minimum Gasteiger partial charge on any atom is -0.493 e. The Bertz CT molecular complexity index is 530. The van der Waals surface area contributed by atoms with Crippen LogP contribution in [-0.2, 0) is 9.53 Å². The number of carbonyl (C=O) groups is 1. The number of nitro benzene ring substituents is 1. The maximum atomic E-state index is 11.3. The molecule has 0 amide bonds. The van der Waals surface area contributed by atoms with Crippen LogP contribution in [0, 0.1) is 24.0 Å². The third-order valence-electron chi connectivity index (χ3n) is 2.97. The molecule has 0 heterocycles. The SMILES string of the molecule is CCOC(=O)C(N)CCOc1cc(C)c([N+](=O)[O-])cc1C. The molecule has 1 aromatic carbocycles. The van der Waals surface area contributed by atoms with Crippen LogP contribution in [0.25, 0.3) is 0 Å². The maximum Gasteiger partial charge on any atom is 0.323 e. The predicted molar refractivity (Wildman–Crippen MR) is 77.3 cm³/mol. The fourth-order valence-corrected chi connectivity index (χ4v) is 1.79. The number of rotatable bonds is 7. The molecule has 21 heavy (non-hydrogen) atoms. The van der Waals surface area contributed by atoms with Gasteiger partial charge >= 0.3 is 5.97 Å². The molecule has 0 radical (unpaired) electrons. The summed E-state index contributed by atoms with van der Waals surface area (Å²) in [5.41, 5.74) is 6.90. The van der Waals surface area contributed by atoms with Crippen molar-refractivity contribution < 1.29 is 19.2 Å². The van der Waals surface area contributed by atoms with Crippen LogP contribution in [-0.4, -0.2) is 30.1 Å². The van der Waals surface area contributed by atoms with E-state index in [-0.39, 0.29) is 18.9 Å². The summed E-state index contributed by atoms with van der Waals surface area (Å²) < 4.78 is 10.3. The molecule has 0 aliphatic rings. The summed E-state index contributed by atoms with van der Waals surface area (Å²) in [4.78, 5) is 21.7. The lowest BCUT2D eigenvalue weighted by atomic mass is 10.1. The summed E-state index contributed by atoms with van der Waals surface area (Å²) >= 11 is 0. The topological polar surface area (TPSA) is 105 Å². The van der Waals surface area contributed by atoms with E-state index in [0.717, 1.165) is 0 Å². The maximum absolute atomic E-state index is 11.3. The number of hydrogen-bond donors (Lipinski definition) is 1. The number of nitro groups is 1. The Kier molecular flexibility index (Phi) is 6.10. The summed E-state index contributed by atoms with van der Waals surface area (Å²) in [6, 6.07) is 2.35. The number of aryl methyl sites for hydroxylation is 2. The van der Waals surface area contributed by atoms with E-state index in [1.54, 1.807) is 26.8 Å². The number of hydrogen-bond acceptors (Lipinski definition) is 6. The van der Waals surface area contributed by atoms with E-state index in [1.165, 1.54) is 6.07 Å². The van der Waals surface area contributed by atoms with Gasteiger partial charge in [-0.2, -0.15) is 0 Å². The minimum absolute atomic E-state index is 0.0584. The highest BCUT2D eigenvalue weighted by Crippen LogP contribution is 2.27. The first-order valence-electron chi connectivity index (χ1n) is 6.67. The lowest BCUT2D eigenvalue weighted by Gasteiger charge is -2.13. The third kappa shape index (κ3) is 4.71. The zero-order chi connectivity index (χ0) is 16.0. The molecule has 116 valence electrons. The van der Waals surface area contributed by atoms with Crippen molar-refractivity contribution in [2.75, 3.05) is 13.2 Å². The quantitative estimate of drug-likeness (QED) is 0.468. The summed E-state index contributed by atoms with van der Waals surface area (Å²) in [5.74, 6) is 0.0897. The molecule has 0 aliphatic heterocycles. The van der Waals surface area contributed by atoms with Gasteiger partial charge in [0.1, 0.15) is 11.8 Å². The van der Waals surface area contributed by atoms with E-state index >= 15 is 0 Å². The van der Waals surface area contributed by atoms with Gasteiger partial charge in [-0.25, -0.2) is 0 Å². The molecule has 7 nitrogen and oxygen atoms in total. The van der Waals surface area contributed by atoms with E-state index < -0.39 is 16.9 Å². The molecule has 1 atom stereocenters. The number of nitrogens with two attached hydrogens (primary N) is 1. The van der Waals surface area contributed by atoms with Gasteiger partial charge in [0.05, 0.1) is 18.1 Å².